The van der Waals surface area contributed by atoms with Crippen LogP contribution < -0.4 is 11.1 Å². The van der Waals surface area contributed by atoms with Gasteiger partial charge in [-0.3, -0.25) is 0 Å². The molecule has 0 saturated heterocycles. The molecule has 0 amide bonds. The Morgan fingerprint density at radius 2 is 2.21 bits per heavy atom. The molecule has 2 heteroatoms. The molecule has 2 rings (SSSR count). The molecule has 1 aromatic rings. The maximum atomic E-state index is 5.84. The van der Waals surface area contributed by atoms with Gasteiger partial charge in [0.25, 0.3) is 0 Å². The number of nitrogens with one attached hydrogen (secondary N) is 1. The van der Waals surface area contributed by atoms with Gasteiger partial charge in [0.15, 0.2) is 0 Å². The molecule has 0 unspecified atom stereocenters. The second-order valence-corrected chi connectivity index (χ2v) is 4.21. The van der Waals surface area contributed by atoms with Crippen LogP contribution in [-0.4, -0.2) is 6.54 Å². The quantitative estimate of drug-likeness (QED) is 0.713. The van der Waals surface area contributed by atoms with Crippen LogP contribution in [-0.2, 0) is 6.54 Å². The van der Waals surface area contributed by atoms with E-state index in [2.05, 4.69) is 18.3 Å². The van der Waals surface area contributed by atoms with Crippen LogP contribution in [0, 0.1) is 12.8 Å². The molecular formula is C12H18N2. The van der Waals surface area contributed by atoms with E-state index in [1.165, 1.54) is 24.0 Å². The first-order valence-electron chi connectivity index (χ1n) is 5.32. The zero-order chi connectivity index (χ0) is 9.97. The van der Waals surface area contributed by atoms with E-state index in [4.69, 9.17) is 5.73 Å². The van der Waals surface area contributed by atoms with Crippen molar-refractivity contribution in [3.63, 3.8) is 0 Å². The van der Waals surface area contributed by atoms with Crippen molar-refractivity contribution >= 4 is 5.69 Å². The molecule has 2 nitrogen and oxygen atoms in total. The normalized spacial score (nSPS) is 15.8. The summed E-state index contributed by atoms with van der Waals surface area (Å²) in [6.45, 7) is 4.20. The van der Waals surface area contributed by atoms with Crippen LogP contribution in [0.2, 0.25) is 0 Å². The average Bonchev–Trinajstić information content (AvgIpc) is 2.96. The third-order valence-electron chi connectivity index (χ3n) is 2.93. The molecule has 14 heavy (non-hydrogen) atoms. The molecule has 0 heterocycles. The van der Waals surface area contributed by atoms with E-state index in [0.29, 0.717) is 0 Å². The fourth-order valence-corrected chi connectivity index (χ4v) is 1.63. The highest BCUT2D eigenvalue weighted by atomic mass is 14.9. The maximum Gasteiger partial charge on any atom is 0.0346 e. The number of anilines is 1. The van der Waals surface area contributed by atoms with Crippen molar-refractivity contribution < 1.29 is 0 Å². The summed E-state index contributed by atoms with van der Waals surface area (Å²) in [6, 6.07) is 6.13. The summed E-state index contributed by atoms with van der Waals surface area (Å²) in [4.78, 5) is 0. The molecule has 0 aromatic heterocycles. The lowest BCUT2D eigenvalue weighted by atomic mass is 10.1. The summed E-state index contributed by atoms with van der Waals surface area (Å²) in [7, 11) is 0. The number of nitrogens with two attached hydrogens (primary N) is 1. The number of hydrogen-bond acceptors (Lipinski definition) is 2. The van der Waals surface area contributed by atoms with Gasteiger partial charge in [0.2, 0.25) is 0 Å². The molecule has 1 aliphatic rings. The molecule has 1 fully saturated rings. The van der Waals surface area contributed by atoms with E-state index in [1.54, 1.807) is 0 Å². The molecule has 1 aliphatic carbocycles. The molecule has 76 valence electrons. The highest BCUT2D eigenvalue weighted by molar-refractivity contribution is 5.49. The van der Waals surface area contributed by atoms with Crippen LogP contribution in [0.5, 0.6) is 0 Å². The van der Waals surface area contributed by atoms with E-state index >= 15 is 0 Å². The molecule has 3 N–H and O–H groups in total. The second-order valence-electron chi connectivity index (χ2n) is 4.21. The summed E-state index contributed by atoms with van der Waals surface area (Å²) in [5.41, 5.74) is 9.28. The van der Waals surface area contributed by atoms with Crippen molar-refractivity contribution in [3.8, 4) is 0 Å². The number of benzene rings is 1. The van der Waals surface area contributed by atoms with Crippen molar-refractivity contribution in [2.75, 3.05) is 12.3 Å². The van der Waals surface area contributed by atoms with E-state index in [-0.39, 0.29) is 0 Å². The van der Waals surface area contributed by atoms with Gasteiger partial charge in [-0.05, 0) is 49.4 Å². The number of hydrogen-bond donors (Lipinski definition) is 2. The van der Waals surface area contributed by atoms with Crippen LogP contribution in [0.3, 0.4) is 0 Å². The highest BCUT2D eigenvalue weighted by Gasteiger charge is 2.20. The molecule has 0 radical (unpaired) electrons. The lowest BCUT2D eigenvalue weighted by Crippen LogP contribution is -2.17. The van der Waals surface area contributed by atoms with Crippen molar-refractivity contribution in [1.82, 2.24) is 5.32 Å². The molecule has 0 atom stereocenters. The fraction of sp³-hybridized carbons (Fsp3) is 0.500. The van der Waals surface area contributed by atoms with Gasteiger partial charge < -0.3 is 11.1 Å². The summed E-state index contributed by atoms with van der Waals surface area (Å²) in [5, 5.41) is 3.48. The lowest BCUT2D eigenvalue weighted by Gasteiger charge is -2.09. The Bertz CT molecular complexity index is 316. The zero-order valence-electron chi connectivity index (χ0n) is 8.72. The average molecular weight is 190 g/mol. The zero-order valence-corrected chi connectivity index (χ0v) is 8.72. The van der Waals surface area contributed by atoms with Gasteiger partial charge in [-0.2, -0.15) is 0 Å². The standard InChI is InChI=1S/C12H18N2/c1-9-11(3-2-4-12(9)13)8-14-7-10-5-6-10/h2-4,10,14H,5-8,13H2,1H3. The third-order valence-corrected chi connectivity index (χ3v) is 2.93. The van der Waals surface area contributed by atoms with Gasteiger partial charge in [-0.25, -0.2) is 0 Å². The Balaban J connectivity index is 1.90. The van der Waals surface area contributed by atoms with Crippen LogP contribution in [0.1, 0.15) is 24.0 Å². The van der Waals surface area contributed by atoms with Gasteiger partial charge in [-0.15, -0.1) is 0 Å². The Hall–Kier alpha value is -1.02. The molecular weight excluding hydrogens is 172 g/mol. The van der Waals surface area contributed by atoms with Crippen LogP contribution in [0.4, 0.5) is 5.69 Å². The summed E-state index contributed by atoms with van der Waals surface area (Å²) >= 11 is 0. The van der Waals surface area contributed by atoms with E-state index in [0.717, 1.165) is 24.7 Å². The van der Waals surface area contributed by atoms with Crippen LogP contribution in [0.25, 0.3) is 0 Å². The Morgan fingerprint density at radius 3 is 2.93 bits per heavy atom. The van der Waals surface area contributed by atoms with Crippen molar-refractivity contribution in [2.24, 2.45) is 5.92 Å². The topological polar surface area (TPSA) is 38.0 Å². The van der Waals surface area contributed by atoms with Crippen molar-refractivity contribution in [3.05, 3.63) is 29.3 Å². The Labute approximate surface area is 85.5 Å². The third kappa shape index (κ3) is 2.26. The lowest BCUT2D eigenvalue weighted by molar-refractivity contribution is 0.637. The maximum absolute atomic E-state index is 5.84. The highest BCUT2D eigenvalue weighted by Crippen LogP contribution is 2.27. The first-order chi connectivity index (χ1) is 6.77. The van der Waals surface area contributed by atoms with Gasteiger partial charge in [0.1, 0.15) is 0 Å². The van der Waals surface area contributed by atoms with E-state index < -0.39 is 0 Å². The molecule has 1 aromatic carbocycles. The number of nitrogen functional groups attached to an aromatic ring is 1. The Morgan fingerprint density at radius 1 is 1.43 bits per heavy atom. The van der Waals surface area contributed by atoms with Gasteiger partial charge in [-0.1, -0.05) is 12.1 Å². The second kappa shape index (κ2) is 4.01. The molecule has 0 bridgehead atoms. The van der Waals surface area contributed by atoms with E-state index in [1.807, 2.05) is 12.1 Å². The predicted molar refractivity (Wildman–Crippen MR) is 60.0 cm³/mol. The fourth-order valence-electron chi connectivity index (χ4n) is 1.63. The molecule has 0 spiro atoms. The van der Waals surface area contributed by atoms with Gasteiger partial charge in [0, 0.05) is 12.2 Å². The summed E-state index contributed by atoms with van der Waals surface area (Å²) in [5.74, 6) is 0.941. The van der Waals surface area contributed by atoms with Crippen molar-refractivity contribution in [2.45, 2.75) is 26.3 Å². The van der Waals surface area contributed by atoms with Crippen molar-refractivity contribution in [1.29, 1.82) is 0 Å². The van der Waals surface area contributed by atoms with Gasteiger partial charge >= 0.3 is 0 Å². The van der Waals surface area contributed by atoms with Crippen LogP contribution >= 0.6 is 0 Å². The van der Waals surface area contributed by atoms with Gasteiger partial charge in [0.05, 0.1) is 0 Å². The van der Waals surface area contributed by atoms with Crippen LogP contribution in [0.15, 0.2) is 18.2 Å². The minimum Gasteiger partial charge on any atom is -0.399 e. The number of rotatable bonds is 4. The molecule has 0 aliphatic heterocycles. The minimum atomic E-state index is 0.899. The predicted octanol–water partition coefficient (Wildman–Crippen LogP) is 2.08. The largest absolute Gasteiger partial charge is 0.399 e. The first-order valence-corrected chi connectivity index (χ1v) is 5.32. The monoisotopic (exact) mass is 190 g/mol. The SMILES string of the molecule is Cc1c(N)cccc1CNCC1CC1. The Kier molecular flexibility index (Phi) is 2.73. The summed E-state index contributed by atoms with van der Waals surface area (Å²) < 4.78 is 0. The smallest absolute Gasteiger partial charge is 0.0346 e. The summed E-state index contributed by atoms with van der Waals surface area (Å²) in [6.07, 6.45) is 2.81. The first kappa shape index (κ1) is 9.53. The minimum absolute atomic E-state index is 0.899. The van der Waals surface area contributed by atoms with E-state index in [9.17, 15) is 0 Å². The molecule has 1 saturated carbocycles.